The molecule has 0 unspecified atom stereocenters. The molecule has 5 rings (SSSR count). The number of amides is 4. The number of carbonyl (C=O) groups is 3. The highest BCUT2D eigenvalue weighted by Crippen LogP contribution is 2.38. The molecular weight excluding hydrogens is 624 g/mol. The fourth-order valence-electron chi connectivity index (χ4n) is 4.19. The van der Waals surface area contributed by atoms with Crippen molar-refractivity contribution < 1.29 is 28.6 Å². The largest absolute Gasteiger partial charge is 0.493 e. The average molecular weight is 648 g/mol. The number of barbiturate groups is 1. The molecule has 1 aliphatic rings. The molecule has 1 aliphatic heterocycles. The maximum atomic E-state index is 13.4. The third-order valence-corrected chi connectivity index (χ3v) is 7.15. The molecule has 4 aromatic rings. The van der Waals surface area contributed by atoms with Crippen LogP contribution in [-0.2, 0) is 22.8 Å². The van der Waals surface area contributed by atoms with Crippen molar-refractivity contribution in [2.24, 2.45) is 0 Å². The summed E-state index contributed by atoms with van der Waals surface area (Å²) in [6.07, 6.45) is 1.40. The van der Waals surface area contributed by atoms with Crippen LogP contribution in [-0.4, -0.2) is 25.0 Å². The molecule has 4 aromatic carbocycles. The third kappa shape index (κ3) is 6.64. The van der Waals surface area contributed by atoms with Gasteiger partial charge in [-0.15, -0.1) is 0 Å². The first kappa shape index (κ1) is 28.9. The number of carbonyl (C=O) groups excluding carboxylic acids is 3. The van der Waals surface area contributed by atoms with Crippen LogP contribution in [0.5, 0.6) is 17.2 Å². The van der Waals surface area contributed by atoms with E-state index in [1.165, 1.54) is 13.2 Å². The van der Waals surface area contributed by atoms with E-state index in [4.69, 9.17) is 25.8 Å². The van der Waals surface area contributed by atoms with Gasteiger partial charge in [0, 0.05) is 5.02 Å². The number of urea groups is 1. The molecule has 1 saturated heterocycles. The minimum atomic E-state index is -0.847. The van der Waals surface area contributed by atoms with Gasteiger partial charge in [-0.3, -0.25) is 14.9 Å². The summed E-state index contributed by atoms with van der Waals surface area (Å²) in [6, 6.07) is 25.9. The maximum Gasteiger partial charge on any atom is 0.335 e. The molecule has 1 fully saturated rings. The molecule has 0 radical (unpaired) electrons. The standard InChI is InChI=1S/C32H24BrClN2O6/c1-40-28-17-22(16-27(33)29(28)42-19-20-5-3-2-4-6-20)15-26-30(37)35-32(39)36(31(26)38)24-11-13-25(14-12-24)41-18-21-7-9-23(34)10-8-21/h2-17H,18-19H2,1H3,(H,35,37,39)/b26-15+. The van der Waals surface area contributed by atoms with Crippen molar-refractivity contribution in [1.82, 2.24) is 5.32 Å². The van der Waals surface area contributed by atoms with E-state index in [9.17, 15) is 14.4 Å². The minimum absolute atomic E-state index is 0.218. The summed E-state index contributed by atoms with van der Waals surface area (Å²) in [4.78, 5) is 39.7. The van der Waals surface area contributed by atoms with Crippen LogP contribution in [0, 0.1) is 0 Å². The summed E-state index contributed by atoms with van der Waals surface area (Å²) in [5.41, 5.74) is 2.46. The number of halogens is 2. The van der Waals surface area contributed by atoms with Crippen molar-refractivity contribution in [2.75, 3.05) is 12.0 Å². The predicted octanol–water partition coefficient (Wildman–Crippen LogP) is 6.94. The molecule has 0 aliphatic carbocycles. The topological polar surface area (TPSA) is 94.2 Å². The molecular formula is C32H24BrClN2O6. The summed E-state index contributed by atoms with van der Waals surface area (Å²) < 4.78 is 17.8. The average Bonchev–Trinajstić information content (AvgIpc) is 2.99. The number of hydrogen-bond acceptors (Lipinski definition) is 6. The number of nitrogens with zero attached hydrogens (tertiary/aromatic N) is 1. The van der Waals surface area contributed by atoms with Crippen molar-refractivity contribution in [3.63, 3.8) is 0 Å². The lowest BCUT2D eigenvalue weighted by Gasteiger charge is -2.26. The van der Waals surface area contributed by atoms with E-state index in [1.807, 2.05) is 42.5 Å². The second kappa shape index (κ2) is 12.9. The highest BCUT2D eigenvalue weighted by molar-refractivity contribution is 9.10. The van der Waals surface area contributed by atoms with E-state index >= 15 is 0 Å². The van der Waals surface area contributed by atoms with Gasteiger partial charge in [0.1, 0.15) is 24.5 Å². The van der Waals surface area contributed by atoms with E-state index in [0.29, 0.717) is 45.5 Å². The van der Waals surface area contributed by atoms with Crippen LogP contribution in [0.25, 0.3) is 6.08 Å². The molecule has 0 spiro atoms. The number of rotatable bonds is 9. The molecule has 8 nitrogen and oxygen atoms in total. The van der Waals surface area contributed by atoms with Crippen LogP contribution < -0.4 is 24.4 Å². The first-order chi connectivity index (χ1) is 20.3. The van der Waals surface area contributed by atoms with Crippen molar-refractivity contribution >= 4 is 57.1 Å². The van der Waals surface area contributed by atoms with Gasteiger partial charge in [0.15, 0.2) is 11.5 Å². The van der Waals surface area contributed by atoms with Crippen LogP contribution >= 0.6 is 27.5 Å². The van der Waals surface area contributed by atoms with Crippen LogP contribution in [0.3, 0.4) is 0 Å². The van der Waals surface area contributed by atoms with Gasteiger partial charge in [-0.2, -0.15) is 0 Å². The molecule has 1 heterocycles. The van der Waals surface area contributed by atoms with Gasteiger partial charge in [-0.25, -0.2) is 9.69 Å². The molecule has 42 heavy (non-hydrogen) atoms. The SMILES string of the molecule is COc1cc(/C=C2\C(=O)NC(=O)N(c3ccc(OCc4ccc(Cl)cc4)cc3)C2=O)cc(Br)c1OCc1ccccc1. The summed E-state index contributed by atoms with van der Waals surface area (Å²) in [5, 5.41) is 2.87. The lowest BCUT2D eigenvalue weighted by molar-refractivity contribution is -0.122. The Morgan fingerprint density at radius 1 is 0.857 bits per heavy atom. The predicted molar refractivity (Wildman–Crippen MR) is 163 cm³/mol. The lowest BCUT2D eigenvalue weighted by atomic mass is 10.1. The summed E-state index contributed by atoms with van der Waals surface area (Å²) in [6.45, 7) is 0.634. The van der Waals surface area contributed by atoms with E-state index in [2.05, 4.69) is 21.2 Å². The van der Waals surface area contributed by atoms with Crippen LogP contribution in [0.1, 0.15) is 16.7 Å². The number of ether oxygens (including phenoxy) is 3. The summed E-state index contributed by atoms with van der Waals surface area (Å²) >= 11 is 9.42. The second-order valence-corrected chi connectivity index (χ2v) is 10.5. The first-order valence-electron chi connectivity index (χ1n) is 12.8. The quantitative estimate of drug-likeness (QED) is 0.156. The Morgan fingerprint density at radius 2 is 1.52 bits per heavy atom. The van der Waals surface area contributed by atoms with Gasteiger partial charge in [-0.1, -0.05) is 54.1 Å². The monoisotopic (exact) mass is 646 g/mol. The lowest BCUT2D eigenvalue weighted by Crippen LogP contribution is -2.54. The van der Waals surface area contributed by atoms with Gasteiger partial charge in [0.2, 0.25) is 0 Å². The summed E-state index contributed by atoms with van der Waals surface area (Å²) in [5.74, 6) is -0.158. The normalized spacial score (nSPS) is 14.1. The van der Waals surface area contributed by atoms with Gasteiger partial charge < -0.3 is 14.2 Å². The molecule has 212 valence electrons. The molecule has 0 atom stereocenters. The van der Waals surface area contributed by atoms with E-state index < -0.39 is 17.8 Å². The third-order valence-electron chi connectivity index (χ3n) is 6.30. The number of nitrogens with one attached hydrogen (secondary N) is 1. The van der Waals surface area contributed by atoms with E-state index in [0.717, 1.165) is 16.0 Å². The Morgan fingerprint density at radius 3 is 2.21 bits per heavy atom. The van der Waals surface area contributed by atoms with Crippen molar-refractivity contribution in [2.45, 2.75) is 13.2 Å². The van der Waals surface area contributed by atoms with E-state index in [-0.39, 0.29) is 11.3 Å². The molecule has 10 heteroatoms. The van der Waals surface area contributed by atoms with Gasteiger partial charge in [-0.05, 0) is 87.2 Å². The van der Waals surface area contributed by atoms with Gasteiger partial charge >= 0.3 is 6.03 Å². The second-order valence-electron chi connectivity index (χ2n) is 9.18. The zero-order valence-electron chi connectivity index (χ0n) is 22.3. The Bertz CT molecular complexity index is 1660. The molecule has 4 amide bonds. The fraction of sp³-hybridized carbons (Fsp3) is 0.0938. The number of benzene rings is 4. The number of methoxy groups -OCH3 is 1. The first-order valence-corrected chi connectivity index (χ1v) is 13.9. The maximum absolute atomic E-state index is 13.4. The number of anilines is 1. The number of hydrogen-bond donors (Lipinski definition) is 1. The smallest absolute Gasteiger partial charge is 0.335 e. The Balaban J connectivity index is 1.34. The van der Waals surface area contributed by atoms with Gasteiger partial charge in [0.25, 0.3) is 11.8 Å². The molecule has 0 saturated carbocycles. The highest BCUT2D eigenvalue weighted by atomic mass is 79.9. The number of imide groups is 2. The van der Waals surface area contributed by atoms with Gasteiger partial charge in [0.05, 0.1) is 17.3 Å². The summed E-state index contributed by atoms with van der Waals surface area (Å²) in [7, 11) is 1.50. The Hall–Kier alpha value is -4.60. The van der Waals surface area contributed by atoms with Crippen molar-refractivity contribution in [3.8, 4) is 17.2 Å². The van der Waals surface area contributed by atoms with Crippen molar-refractivity contribution in [1.29, 1.82) is 0 Å². The van der Waals surface area contributed by atoms with E-state index in [1.54, 1.807) is 48.5 Å². The van der Waals surface area contributed by atoms with Crippen LogP contribution in [0.4, 0.5) is 10.5 Å². The minimum Gasteiger partial charge on any atom is -0.493 e. The fourth-order valence-corrected chi connectivity index (χ4v) is 4.89. The Labute approximate surface area is 255 Å². The zero-order chi connectivity index (χ0) is 29.6. The Kier molecular flexibility index (Phi) is 8.90. The van der Waals surface area contributed by atoms with Crippen molar-refractivity contribution in [3.05, 3.63) is 123 Å². The molecule has 1 N–H and O–H groups in total. The molecule has 0 aromatic heterocycles. The molecule has 0 bridgehead atoms. The van der Waals surface area contributed by atoms with Crippen LogP contribution in [0.2, 0.25) is 5.02 Å². The van der Waals surface area contributed by atoms with Crippen LogP contribution in [0.15, 0.2) is 101 Å². The highest BCUT2D eigenvalue weighted by Gasteiger charge is 2.37. The zero-order valence-corrected chi connectivity index (χ0v) is 24.6.